The van der Waals surface area contributed by atoms with Gasteiger partial charge < -0.3 is 9.47 Å². The number of thiophene rings is 1. The van der Waals surface area contributed by atoms with E-state index in [2.05, 4.69) is 14.2 Å². The quantitative estimate of drug-likeness (QED) is 0.219. The van der Waals surface area contributed by atoms with Crippen molar-refractivity contribution in [2.24, 2.45) is 0 Å². The number of ether oxygens (including phenoxy) is 2. The summed E-state index contributed by atoms with van der Waals surface area (Å²) in [4.78, 5) is -0.380. The molecule has 0 atom stereocenters. The summed E-state index contributed by atoms with van der Waals surface area (Å²) >= 11 is 6.70. The number of alkyl halides is 3. The number of nitrogens with one attached hydrogen (secondary N) is 2. The molecule has 0 saturated carbocycles. The highest BCUT2D eigenvalue weighted by molar-refractivity contribution is 7.94. The SMILES string of the molecule is COc1ccc(-c2ccc(NS(=O)(=O)c3ccc(OC(F)(F)F)cc3)c(NS(=O)(=O)c3ccc(Cl)s3)c2)cc1. The van der Waals surface area contributed by atoms with E-state index < -0.39 is 32.2 Å². The van der Waals surface area contributed by atoms with Crippen LogP contribution in [0.3, 0.4) is 0 Å². The Morgan fingerprint density at radius 3 is 1.90 bits per heavy atom. The minimum Gasteiger partial charge on any atom is -0.497 e. The normalized spacial score (nSPS) is 12.1. The second kappa shape index (κ2) is 11.0. The van der Waals surface area contributed by atoms with Crippen molar-refractivity contribution in [2.75, 3.05) is 16.6 Å². The number of hydrogen-bond donors (Lipinski definition) is 2. The van der Waals surface area contributed by atoms with Gasteiger partial charge in [0.05, 0.1) is 27.7 Å². The van der Waals surface area contributed by atoms with Crippen LogP contribution in [0, 0.1) is 0 Å². The third-order valence-corrected chi connectivity index (χ3v) is 9.58. The Labute approximate surface area is 231 Å². The van der Waals surface area contributed by atoms with E-state index in [1.54, 1.807) is 30.3 Å². The van der Waals surface area contributed by atoms with Crippen molar-refractivity contribution in [3.05, 3.63) is 83.2 Å². The lowest BCUT2D eigenvalue weighted by atomic mass is 10.0. The van der Waals surface area contributed by atoms with Crippen LogP contribution in [0.15, 0.2) is 88.0 Å². The summed E-state index contributed by atoms with van der Waals surface area (Å²) in [6.45, 7) is 0. The number of sulfonamides is 2. The molecule has 2 N–H and O–H groups in total. The third-order valence-electron chi connectivity index (χ3n) is 5.11. The Morgan fingerprint density at radius 1 is 0.744 bits per heavy atom. The molecular formula is C24H18ClF3N2O6S3. The smallest absolute Gasteiger partial charge is 0.497 e. The van der Waals surface area contributed by atoms with Gasteiger partial charge in [-0.2, -0.15) is 0 Å². The Bertz CT molecular complexity index is 1690. The predicted octanol–water partition coefficient (Wildman–Crippen LogP) is 6.58. The summed E-state index contributed by atoms with van der Waals surface area (Å²) in [5.74, 6) is -0.00126. The minimum atomic E-state index is -4.94. The van der Waals surface area contributed by atoms with Crippen LogP contribution in [-0.4, -0.2) is 30.3 Å². The van der Waals surface area contributed by atoms with Gasteiger partial charge in [-0.15, -0.1) is 24.5 Å². The lowest BCUT2D eigenvalue weighted by Gasteiger charge is -2.16. The highest BCUT2D eigenvalue weighted by Gasteiger charge is 2.31. The molecule has 0 radical (unpaired) electrons. The van der Waals surface area contributed by atoms with Gasteiger partial charge in [-0.25, -0.2) is 16.8 Å². The molecule has 4 aromatic rings. The Balaban J connectivity index is 1.71. The van der Waals surface area contributed by atoms with E-state index >= 15 is 0 Å². The van der Waals surface area contributed by atoms with Crippen LogP contribution in [0.2, 0.25) is 4.34 Å². The molecule has 0 aliphatic heterocycles. The molecule has 0 bridgehead atoms. The molecule has 0 aliphatic rings. The second-order valence-electron chi connectivity index (χ2n) is 7.78. The van der Waals surface area contributed by atoms with Gasteiger partial charge in [0.15, 0.2) is 0 Å². The third kappa shape index (κ3) is 7.15. The van der Waals surface area contributed by atoms with Crippen LogP contribution in [0.5, 0.6) is 11.5 Å². The average Bonchev–Trinajstić information content (AvgIpc) is 3.31. The van der Waals surface area contributed by atoms with Crippen molar-refractivity contribution >= 4 is 54.4 Å². The first kappa shape index (κ1) is 28.5. The van der Waals surface area contributed by atoms with Crippen LogP contribution in [-0.2, 0) is 20.0 Å². The predicted molar refractivity (Wildman–Crippen MR) is 143 cm³/mol. The molecule has 3 aromatic carbocycles. The number of halogens is 4. The van der Waals surface area contributed by atoms with Gasteiger partial charge in [-0.05, 0) is 71.8 Å². The number of benzene rings is 3. The van der Waals surface area contributed by atoms with Crippen LogP contribution >= 0.6 is 22.9 Å². The highest BCUT2D eigenvalue weighted by Crippen LogP contribution is 2.35. The van der Waals surface area contributed by atoms with E-state index in [4.69, 9.17) is 16.3 Å². The molecule has 15 heteroatoms. The molecule has 1 heterocycles. The summed E-state index contributed by atoms with van der Waals surface area (Å²) in [5, 5.41) is 0. The maximum atomic E-state index is 13.0. The fourth-order valence-corrected chi connectivity index (χ4v) is 6.98. The molecule has 8 nitrogen and oxygen atoms in total. The Kier molecular flexibility index (Phi) is 8.02. The van der Waals surface area contributed by atoms with E-state index in [0.717, 1.165) is 35.6 Å². The van der Waals surface area contributed by atoms with Crippen molar-refractivity contribution in [1.82, 2.24) is 0 Å². The van der Waals surface area contributed by atoms with Crippen LogP contribution in [0.25, 0.3) is 11.1 Å². The second-order valence-corrected chi connectivity index (χ2v) is 13.1. The zero-order valence-corrected chi connectivity index (χ0v) is 22.9. The van der Waals surface area contributed by atoms with E-state index in [1.165, 1.54) is 31.4 Å². The van der Waals surface area contributed by atoms with Crippen molar-refractivity contribution < 1.29 is 39.5 Å². The van der Waals surface area contributed by atoms with Crippen molar-refractivity contribution in [3.63, 3.8) is 0 Å². The average molecular weight is 619 g/mol. The van der Waals surface area contributed by atoms with E-state index in [0.29, 0.717) is 16.9 Å². The molecule has 39 heavy (non-hydrogen) atoms. The van der Waals surface area contributed by atoms with Crippen molar-refractivity contribution in [2.45, 2.75) is 15.5 Å². The van der Waals surface area contributed by atoms with Gasteiger partial charge in [-0.3, -0.25) is 9.44 Å². The van der Waals surface area contributed by atoms with Crippen LogP contribution < -0.4 is 18.9 Å². The number of hydrogen-bond acceptors (Lipinski definition) is 7. The molecule has 0 spiro atoms. The van der Waals surface area contributed by atoms with E-state index in [1.807, 2.05) is 0 Å². The number of anilines is 2. The number of rotatable bonds is 9. The molecule has 1 aromatic heterocycles. The van der Waals surface area contributed by atoms with Crippen LogP contribution in [0.1, 0.15) is 0 Å². The first-order valence-corrected chi connectivity index (χ1v) is 14.9. The lowest BCUT2D eigenvalue weighted by Crippen LogP contribution is -2.18. The van der Waals surface area contributed by atoms with Crippen LogP contribution in [0.4, 0.5) is 24.5 Å². The van der Waals surface area contributed by atoms with Crippen molar-refractivity contribution in [3.8, 4) is 22.6 Å². The van der Waals surface area contributed by atoms with E-state index in [9.17, 15) is 30.0 Å². The molecule has 0 saturated heterocycles. The first-order chi connectivity index (χ1) is 18.3. The summed E-state index contributed by atoms with van der Waals surface area (Å²) < 4.78 is 103. The molecule has 206 valence electrons. The lowest BCUT2D eigenvalue weighted by molar-refractivity contribution is -0.274. The molecule has 4 rings (SSSR count). The van der Waals surface area contributed by atoms with Gasteiger partial charge in [0, 0.05) is 0 Å². The monoisotopic (exact) mass is 618 g/mol. The molecule has 0 unspecified atom stereocenters. The van der Waals surface area contributed by atoms with Gasteiger partial charge >= 0.3 is 6.36 Å². The maximum Gasteiger partial charge on any atom is 0.573 e. The summed E-state index contributed by atoms with van der Waals surface area (Å²) in [6, 6.07) is 17.5. The zero-order valence-electron chi connectivity index (χ0n) is 19.7. The Hall–Kier alpha value is -3.46. The summed E-state index contributed by atoms with van der Waals surface area (Å²) in [6.07, 6.45) is -4.94. The Morgan fingerprint density at radius 2 is 1.33 bits per heavy atom. The molecule has 0 fully saturated rings. The fourth-order valence-electron chi connectivity index (χ4n) is 3.34. The standard InChI is InChI=1S/C24H18ClF3N2O6S3/c1-35-17-5-2-15(3-6-17)16-4-11-20(21(14-16)30-39(33,34)23-13-12-22(25)37-23)29-38(31,32)19-9-7-18(8-10-19)36-24(26,27)28/h2-14,29-30H,1H3. The zero-order chi connectivity index (χ0) is 28.4. The molecular weight excluding hydrogens is 601 g/mol. The molecule has 0 aliphatic carbocycles. The largest absolute Gasteiger partial charge is 0.573 e. The molecule has 0 amide bonds. The van der Waals surface area contributed by atoms with E-state index in [-0.39, 0.29) is 24.8 Å². The highest BCUT2D eigenvalue weighted by atomic mass is 35.5. The maximum absolute atomic E-state index is 13.0. The first-order valence-electron chi connectivity index (χ1n) is 10.7. The topological polar surface area (TPSA) is 111 Å². The fraction of sp³-hybridized carbons (Fsp3) is 0.0833. The number of methoxy groups -OCH3 is 1. The van der Waals surface area contributed by atoms with Crippen molar-refractivity contribution in [1.29, 1.82) is 0 Å². The van der Waals surface area contributed by atoms with Gasteiger partial charge in [0.2, 0.25) is 0 Å². The van der Waals surface area contributed by atoms with Gasteiger partial charge in [-0.1, -0.05) is 29.8 Å². The summed E-state index contributed by atoms with van der Waals surface area (Å²) in [7, 11) is -7.01. The minimum absolute atomic E-state index is 0.101. The van der Waals surface area contributed by atoms with Gasteiger partial charge in [0.25, 0.3) is 20.0 Å². The summed E-state index contributed by atoms with van der Waals surface area (Å²) in [5.41, 5.74) is 1.00. The van der Waals surface area contributed by atoms with Gasteiger partial charge in [0.1, 0.15) is 15.7 Å².